The Hall–Kier alpha value is -1.88. The third-order valence-electron chi connectivity index (χ3n) is 4.22. The predicted molar refractivity (Wildman–Crippen MR) is 80.7 cm³/mol. The van der Waals surface area contributed by atoms with E-state index in [1.54, 1.807) is 4.57 Å². The number of likely N-dealkylation sites (tertiary alicyclic amines) is 1. The maximum absolute atomic E-state index is 12.2. The average molecular weight is 272 g/mol. The number of nitrogen functional groups attached to an aromatic ring is 1. The fraction of sp³-hybridized carbons (Fsp3) is 0.467. The number of anilines is 1. The van der Waals surface area contributed by atoms with Gasteiger partial charge in [-0.25, -0.2) is 4.79 Å². The zero-order chi connectivity index (χ0) is 14.1. The van der Waals surface area contributed by atoms with Gasteiger partial charge in [-0.2, -0.15) is 4.98 Å². The van der Waals surface area contributed by atoms with E-state index in [9.17, 15) is 4.79 Å². The van der Waals surface area contributed by atoms with E-state index in [-0.39, 0.29) is 5.69 Å². The zero-order valence-corrected chi connectivity index (χ0v) is 11.7. The highest BCUT2D eigenvalue weighted by Crippen LogP contribution is 2.21. The molecule has 2 N–H and O–H groups in total. The molecule has 1 atom stereocenters. The van der Waals surface area contributed by atoms with Crippen molar-refractivity contribution in [2.75, 3.05) is 18.8 Å². The molecule has 1 saturated heterocycles. The Morgan fingerprint density at radius 3 is 3.00 bits per heavy atom. The van der Waals surface area contributed by atoms with Gasteiger partial charge >= 0.3 is 5.69 Å². The molecule has 0 spiro atoms. The van der Waals surface area contributed by atoms with Crippen LogP contribution in [-0.2, 0) is 6.54 Å². The highest BCUT2D eigenvalue weighted by atomic mass is 16.1. The molecule has 1 aliphatic heterocycles. The standard InChI is InChI=1S/C15H20N4O/c1-2-18-9-5-6-11(18)10-19-14(16)12-7-3-4-8-13(12)17-15(19)20/h3-4,7-8,11H,2,5-6,9-10,16H2,1H3/t11-/m0/s1. The maximum atomic E-state index is 12.2. The summed E-state index contributed by atoms with van der Waals surface area (Å²) < 4.78 is 1.63. The maximum Gasteiger partial charge on any atom is 0.349 e. The Morgan fingerprint density at radius 1 is 1.40 bits per heavy atom. The van der Waals surface area contributed by atoms with Gasteiger partial charge in [0.1, 0.15) is 5.82 Å². The first kappa shape index (κ1) is 13.1. The molecule has 0 aliphatic carbocycles. The van der Waals surface area contributed by atoms with Crippen LogP contribution in [0.5, 0.6) is 0 Å². The summed E-state index contributed by atoms with van der Waals surface area (Å²) in [5, 5.41) is 0.855. The van der Waals surface area contributed by atoms with Crippen LogP contribution in [0.2, 0.25) is 0 Å². The number of nitrogens with zero attached hydrogens (tertiary/aromatic N) is 3. The van der Waals surface area contributed by atoms with Gasteiger partial charge in [0.2, 0.25) is 0 Å². The molecule has 5 heteroatoms. The summed E-state index contributed by atoms with van der Waals surface area (Å²) in [6, 6.07) is 7.92. The lowest BCUT2D eigenvalue weighted by molar-refractivity contribution is 0.243. The van der Waals surface area contributed by atoms with E-state index in [1.807, 2.05) is 24.3 Å². The molecule has 1 fully saturated rings. The molecule has 0 amide bonds. The minimum absolute atomic E-state index is 0.246. The molecule has 2 heterocycles. The van der Waals surface area contributed by atoms with Gasteiger partial charge in [-0.05, 0) is 38.1 Å². The van der Waals surface area contributed by atoms with E-state index in [4.69, 9.17) is 5.73 Å². The van der Waals surface area contributed by atoms with Crippen molar-refractivity contribution in [2.45, 2.75) is 32.4 Å². The summed E-state index contributed by atoms with van der Waals surface area (Å²) in [7, 11) is 0. The van der Waals surface area contributed by atoms with Gasteiger partial charge in [-0.1, -0.05) is 19.1 Å². The molecule has 3 rings (SSSR count). The summed E-state index contributed by atoms with van der Waals surface area (Å²) in [4.78, 5) is 18.7. The SMILES string of the molecule is CCN1CCC[C@H]1Cn1c(N)c2ccccc2nc1=O. The van der Waals surface area contributed by atoms with Crippen molar-refractivity contribution in [3.05, 3.63) is 34.7 Å². The number of para-hydroxylation sites is 1. The average Bonchev–Trinajstić information content (AvgIpc) is 2.90. The highest BCUT2D eigenvalue weighted by Gasteiger charge is 2.24. The van der Waals surface area contributed by atoms with Gasteiger partial charge in [0.15, 0.2) is 0 Å². The lowest BCUT2D eigenvalue weighted by atomic mass is 10.2. The number of fused-ring (bicyclic) bond motifs is 1. The second-order valence-corrected chi connectivity index (χ2v) is 5.33. The number of hydrogen-bond donors (Lipinski definition) is 1. The van der Waals surface area contributed by atoms with Crippen molar-refractivity contribution in [3.8, 4) is 0 Å². The zero-order valence-electron chi connectivity index (χ0n) is 11.7. The number of rotatable bonds is 3. The molecule has 0 radical (unpaired) electrons. The molecule has 106 valence electrons. The number of aromatic nitrogens is 2. The number of likely N-dealkylation sites (N-methyl/N-ethyl adjacent to an activating group) is 1. The number of benzene rings is 1. The van der Waals surface area contributed by atoms with Crippen molar-refractivity contribution < 1.29 is 0 Å². The molecular formula is C15H20N4O. The van der Waals surface area contributed by atoms with Gasteiger partial charge in [-0.3, -0.25) is 9.47 Å². The van der Waals surface area contributed by atoms with Crippen molar-refractivity contribution in [1.82, 2.24) is 14.5 Å². The van der Waals surface area contributed by atoms with Crippen LogP contribution in [0.25, 0.3) is 10.9 Å². The van der Waals surface area contributed by atoms with E-state index in [0.717, 1.165) is 24.9 Å². The van der Waals surface area contributed by atoms with E-state index in [0.29, 0.717) is 23.9 Å². The second-order valence-electron chi connectivity index (χ2n) is 5.33. The Kier molecular flexibility index (Phi) is 3.44. The molecule has 0 bridgehead atoms. The Morgan fingerprint density at radius 2 is 2.20 bits per heavy atom. The molecule has 1 aromatic carbocycles. The Labute approximate surface area is 118 Å². The topological polar surface area (TPSA) is 64.2 Å². The first-order valence-electron chi connectivity index (χ1n) is 7.20. The molecule has 1 aliphatic rings. The van der Waals surface area contributed by atoms with Crippen LogP contribution in [0.1, 0.15) is 19.8 Å². The Bertz CT molecular complexity index is 679. The van der Waals surface area contributed by atoms with Crippen LogP contribution in [0.15, 0.2) is 29.1 Å². The first-order valence-corrected chi connectivity index (χ1v) is 7.20. The van der Waals surface area contributed by atoms with Gasteiger partial charge in [0.25, 0.3) is 0 Å². The summed E-state index contributed by atoms with van der Waals surface area (Å²) in [6.45, 7) is 4.91. The quantitative estimate of drug-likeness (QED) is 0.919. The summed E-state index contributed by atoms with van der Waals surface area (Å²) in [6.07, 6.45) is 2.31. The third-order valence-corrected chi connectivity index (χ3v) is 4.22. The van der Waals surface area contributed by atoms with Crippen LogP contribution in [0.3, 0.4) is 0 Å². The van der Waals surface area contributed by atoms with Gasteiger partial charge in [0.05, 0.1) is 5.52 Å². The summed E-state index contributed by atoms with van der Waals surface area (Å²) >= 11 is 0. The van der Waals surface area contributed by atoms with E-state index in [2.05, 4.69) is 16.8 Å². The van der Waals surface area contributed by atoms with Crippen LogP contribution in [0, 0.1) is 0 Å². The molecule has 2 aromatic rings. The van der Waals surface area contributed by atoms with Gasteiger partial charge in [-0.15, -0.1) is 0 Å². The van der Waals surface area contributed by atoms with E-state index in [1.165, 1.54) is 6.42 Å². The van der Waals surface area contributed by atoms with Gasteiger partial charge in [0, 0.05) is 18.0 Å². The van der Waals surface area contributed by atoms with Crippen molar-refractivity contribution >= 4 is 16.7 Å². The Balaban J connectivity index is 2.01. The van der Waals surface area contributed by atoms with Crippen LogP contribution < -0.4 is 11.4 Å². The second kappa shape index (κ2) is 5.25. The van der Waals surface area contributed by atoms with Gasteiger partial charge < -0.3 is 5.73 Å². The normalized spacial score (nSPS) is 19.8. The van der Waals surface area contributed by atoms with Crippen molar-refractivity contribution in [1.29, 1.82) is 0 Å². The monoisotopic (exact) mass is 272 g/mol. The summed E-state index contributed by atoms with van der Waals surface area (Å²) in [5.41, 5.74) is 6.61. The fourth-order valence-electron chi connectivity index (χ4n) is 3.10. The lowest BCUT2D eigenvalue weighted by Gasteiger charge is -2.24. The van der Waals surface area contributed by atoms with E-state index < -0.39 is 0 Å². The lowest BCUT2D eigenvalue weighted by Crippen LogP contribution is -2.37. The smallest absolute Gasteiger partial charge is 0.349 e. The summed E-state index contributed by atoms with van der Waals surface area (Å²) in [5.74, 6) is 0.531. The van der Waals surface area contributed by atoms with Crippen molar-refractivity contribution in [2.24, 2.45) is 0 Å². The van der Waals surface area contributed by atoms with Crippen molar-refractivity contribution in [3.63, 3.8) is 0 Å². The minimum Gasteiger partial charge on any atom is -0.384 e. The van der Waals surface area contributed by atoms with E-state index >= 15 is 0 Å². The van der Waals surface area contributed by atoms with Crippen LogP contribution in [0.4, 0.5) is 5.82 Å². The molecule has 20 heavy (non-hydrogen) atoms. The molecular weight excluding hydrogens is 252 g/mol. The number of hydrogen-bond acceptors (Lipinski definition) is 4. The largest absolute Gasteiger partial charge is 0.384 e. The molecule has 0 unspecified atom stereocenters. The van der Waals surface area contributed by atoms with Crippen LogP contribution in [-0.4, -0.2) is 33.6 Å². The molecule has 0 saturated carbocycles. The van der Waals surface area contributed by atoms with Crippen LogP contribution >= 0.6 is 0 Å². The predicted octanol–water partition coefficient (Wildman–Crippen LogP) is 1.46. The first-order chi connectivity index (χ1) is 9.70. The molecule has 5 nitrogen and oxygen atoms in total. The minimum atomic E-state index is -0.246. The third kappa shape index (κ3) is 2.18. The molecule has 1 aromatic heterocycles. The number of nitrogens with two attached hydrogens (primary N) is 1. The fourth-order valence-corrected chi connectivity index (χ4v) is 3.10. The highest BCUT2D eigenvalue weighted by molar-refractivity contribution is 5.87.